The van der Waals surface area contributed by atoms with E-state index in [0.29, 0.717) is 19.5 Å². The highest BCUT2D eigenvalue weighted by molar-refractivity contribution is 6.30. The van der Waals surface area contributed by atoms with Gasteiger partial charge in [0.05, 0.1) is 6.54 Å². The largest absolute Gasteiger partial charge is 0.376 e. The van der Waals surface area contributed by atoms with Gasteiger partial charge in [-0.25, -0.2) is 0 Å². The molecule has 7 heteroatoms. The monoisotopic (exact) mass is 398 g/mol. The van der Waals surface area contributed by atoms with Crippen molar-refractivity contribution in [1.82, 2.24) is 4.90 Å². The number of amides is 2. The molecule has 2 aromatic rings. The van der Waals surface area contributed by atoms with Crippen LogP contribution in [0, 0.1) is 0 Å². The second-order valence-electron chi connectivity index (χ2n) is 7.12. The quantitative estimate of drug-likeness (QED) is 0.831. The van der Waals surface area contributed by atoms with Crippen LogP contribution in [-0.4, -0.2) is 49.4 Å². The number of anilines is 3. The van der Waals surface area contributed by atoms with Crippen molar-refractivity contribution in [3.63, 3.8) is 0 Å². The number of nitrogens with one attached hydrogen (secondary N) is 2. The van der Waals surface area contributed by atoms with E-state index in [0.717, 1.165) is 47.2 Å². The van der Waals surface area contributed by atoms with Gasteiger partial charge in [-0.1, -0.05) is 11.6 Å². The molecule has 4 rings (SSSR count). The zero-order valence-electron chi connectivity index (χ0n) is 15.6. The minimum Gasteiger partial charge on any atom is -0.376 e. The number of rotatable bonds is 4. The van der Waals surface area contributed by atoms with Crippen molar-refractivity contribution in [2.45, 2.75) is 12.8 Å². The lowest BCUT2D eigenvalue weighted by Gasteiger charge is -2.36. The summed E-state index contributed by atoms with van der Waals surface area (Å²) in [4.78, 5) is 28.2. The Bertz CT molecular complexity index is 876. The van der Waals surface area contributed by atoms with Crippen molar-refractivity contribution in [2.24, 2.45) is 0 Å². The van der Waals surface area contributed by atoms with Crippen LogP contribution >= 0.6 is 11.6 Å². The number of benzene rings is 2. The summed E-state index contributed by atoms with van der Waals surface area (Å²) in [5, 5.41) is 6.82. The summed E-state index contributed by atoms with van der Waals surface area (Å²) in [6.07, 6.45) is 1.24. The summed E-state index contributed by atoms with van der Waals surface area (Å²) in [5.41, 5.74) is 4.01. The van der Waals surface area contributed by atoms with Crippen LogP contribution in [0.2, 0.25) is 5.02 Å². The van der Waals surface area contributed by atoms with Crippen molar-refractivity contribution < 1.29 is 9.59 Å². The molecule has 0 aliphatic carbocycles. The summed E-state index contributed by atoms with van der Waals surface area (Å²) < 4.78 is 0. The fraction of sp³-hybridized carbons (Fsp3) is 0.333. The van der Waals surface area contributed by atoms with E-state index in [1.165, 1.54) is 0 Å². The van der Waals surface area contributed by atoms with Crippen LogP contribution in [0.15, 0.2) is 42.5 Å². The molecule has 2 aliphatic heterocycles. The molecule has 2 N–H and O–H groups in total. The first kappa shape index (κ1) is 18.6. The average Bonchev–Trinajstić information content (AvgIpc) is 2.72. The van der Waals surface area contributed by atoms with Gasteiger partial charge in [-0.2, -0.15) is 0 Å². The highest BCUT2D eigenvalue weighted by Gasteiger charge is 2.21. The van der Waals surface area contributed by atoms with Crippen molar-refractivity contribution in [3.05, 3.63) is 53.1 Å². The van der Waals surface area contributed by atoms with Gasteiger partial charge in [0.2, 0.25) is 11.8 Å². The maximum atomic E-state index is 12.6. The third kappa shape index (κ3) is 4.22. The molecule has 0 radical (unpaired) electrons. The Balaban J connectivity index is 1.28. The lowest BCUT2D eigenvalue weighted by atomic mass is 10.0. The highest BCUT2D eigenvalue weighted by atomic mass is 35.5. The lowest BCUT2D eigenvalue weighted by Crippen LogP contribution is -2.50. The van der Waals surface area contributed by atoms with E-state index in [1.54, 1.807) is 0 Å². The summed E-state index contributed by atoms with van der Waals surface area (Å²) >= 11 is 5.95. The van der Waals surface area contributed by atoms with Gasteiger partial charge in [0.1, 0.15) is 0 Å². The molecule has 1 saturated heterocycles. The summed E-state index contributed by atoms with van der Waals surface area (Å²) in [7, 11) is 0. The SMILES string of the molecule is O=C1CCc2cc(NCC(=O)N3CCN(c4ccc(Cl)cc4)CC3)ccc2N1. The Hall–Kier alpha value is -2.73. The molecule has 28 heavy (non-hydrogen) atoms. The van der Waals surface area contributed by atoms with Crippen molar-refractivity contribution in [1.29, 1.82) is 0 Å². The minimum atomic E-state index is 0.0566. The normalized spacial score (nSPS) is 16.4. The van der Waals surface area contributed by atoms with Crippen LogP contribution in [0.5, 0.6) is 0 Å². The number of hydrogen-bond acceptors (Lipinski definition) is 4. The van der Waals surface area contributed by atoms with E-state index in [1.807, 2.05) is 47.4 Å². The Morgan fingerprint density at radius 3 is 2.54 bits per heavy atom. The van der Waals surface area contributed by atoms with Gasteiger partial charge >= 0.3 is 0 Å². The molecule has 146 valence electrons. The van der Waals surface area contributed by atoms with E-state index in [2.05, 4.69) is 15.5 Å². The van der Waals surface area contributed by atoms with Crippen molar-refractivity contribution in [2.75, 3.05) is 48.3 Å². The van der Waals surface area contributed by atoms with E-state index >= 15 is 0 Å². The number of carbonyl (C=O) groups excluding carboxylic acids is 2. The number of fused-ring (bicyclic) bond motifs is 1. The third-order valence-corrected chi connectivity index (χ3v) is 5.52. The summed E-state index contributed by atoms with van der Waals surface area (Å²) in [6.45, 7) is 3.31. The average molecular weight is 399 g/mol. The van der Waals surface area contributed by atoms with Crippen molar-refractivity contribution in [3.8, 4) is 0 Å². The molecule has 0 aromatic heterocycles. The lowest BCUT2D eigenvalue weighted by molar-refractivity contribution is -0.129. The molecule has 2 aliphatic rings. The van der Waals surface area contributed by atoms with Gasteiger partial charge in [-0.05, 0) is 54.4 Å². The molecular formula is C21H23ClN4O2. The van der Waals surface area contributed by atoms with E-state index in [9.17, 15) is 9.59 Å². The number of nitrogens with zero attached hydrogens (tertiary/aromatic N) is 2. The predicted molar refractivity (Wildman–Crippen MR) is 112 cm³/mol. The molecule has 0 unspecified atom stereocenters. The Labute approximate surface area is 169 Å². The van der Waals surface area contributed by atoms with Crippen LogP contribution in [0.1, 0.15) is 12.0 Å². The van der Waals surface area contributed by atoms with Gasteiger partial charge < -0.3 is 20.4 Å². The molecule has 2 heterocycles. The molecule has 1 fully saturated rings. The Morgan fingerprint density at radius 1 is 1.04 bits per heavy atom. The molecule has 2 amide bonds. The number of piperazine rings is 1. The van der Waals surface area contributed by atoms with Crippen molar-refractivity contribution >= 4 is 40.5 Å². The number of aryl methyl sites for hydroxylation is 1. The molecule has 0 atom stereocenters. The van der Waals surface area contributed by atoms with Crippen LogP contribution < -0.4 is 15.5 Å². The van der Waals surface area contributed by atoms with Gasteiger partial charge in [0, 0.05) is 54.7 Å². The molecule has 2 aromatic carbocycles. The smallest absolute Gasteiger partial charge is 0.241 e. The number of carbonyl (C=O) groups is 2. The minimum absolute atomic E-state index is 0.0566. The van der Waals surface area contributed by atoms with E-state index in [-0.39, 0.29) is 18.4 Å². The number of hydrogen-bond donors (Lipinski definition) is 2. The summed E-state index contributed by atoms with van der Waals surface area (Å²) in [6, 6.07) is 13.6. The van der Waals surface area contributed by atoms with Crippen LogP contribution in [0.4, 0.5) is 17.1 Å². The zero-order valence-corrected chi connectivity index (χ0v) is 16.3. The Morgan fingerprint density at radius 2 is 1.79 bits per heavy atom. The molecular weight excluding hydrogens is 376 g/mol. The van der Waals surface area contributed by atoms with E-state index < -0.39 is 0 Å². The summed E-state index contributed by atoms with van der Waals surface area (Å²) in [5.74, 6) is 0.155. The maximum absolute atomic E-state index is 12.6. The molecule has 6 nitrogen and oxygen atoms in total. The molecule has 0 bridgehead atoms. The first-order valence-electron chi connectivity index (χ1n) is 9.53. The molecule has 0 saturated carbocycles. The Kier molecular flexibility index (Phi) is 5.39. The second-order valence-corrected chi connectivity index (χ2v) is 7.55. The van der Waals surface area contributed by atoms with Crippen LogP contribution in [0.3, 0.4) is 0 Å². The van der Waals surface area contributed by atoms with Gasteiger partial charge in [-0.3, -0.25) is 9.59 Å². The topological polar surface area (TPSA) is 64.7 Å². The third-order valence-electron chi connectivity index (χ3n) is 5.27. The first-order chi connectivity index (χ1) is 13.6. The maximum Gasteiger partial charge on any atom is 0.241 e. The van der Waals surface area contributed by atoms with Gasteiger partial charge in [0.15, 0.2) is 0 Å². The van der Waals surface area contributed by atoms with Crippen LogP contribution in [-0.2, 0) is 16.0 Å². The fourth-order valence-electron chi connectivity index (χ4n) is 3.65. The van der Waals surface area contributed by atoms with E-state index in [4.69, 9.17) is 11.6 Å². The predicted octanol–water partition coefficient (Wildman–Crippen LogP) is 2.99. The van der Waals surface area contributed by atoms with Gasteiger partial charge in [-0.15, -0.1) is 0 Å². The zero-order chi connectivity index (χ0) is 19.5. The van der Waals surface area contributed by atoms with Gasteiger partial charge in [0.25, 0.3) is 0 Å². The standard InChI is InChI=1S/C21H23ClN4O2/c22-16-2-5-18(6-3-16)25-9-11-26(12-10-25)21(28)14-23-17-4-7-19-15(13-17)1-8-20(27)24-19/h2-7,13,23H,1,8-12,14H2,(H,24,27). The first-order valence-corrected chi connectivity index (χ1v) is 9.91. The highest BCUT2D eigenvalue weighted by Crippen LogP contribution is 2.25. The fourth-order valence-corrected chi connectivity index (χ4v) is 3.77. The number of halogens is 1. The second kappa shape index (κ2) is 8.10. The van der Waals surface area contributed by atoms with Crippen LogP contribution in [0.25, 0.3) is 0 Å². The molecule has 0 spiro atoms.